The minimum absolute atomic E-state index is 0.112. The van der Waals surface area contributed by atoms with Gasteiger partial charge in [0.15, 0.2) is 29.3 Å². The topological polar surface area (TPSA) is 76.8 Å². The Morgan fingerprint density at radius 2 is 1.88 bits per heavy atom. The summed E-state index contributed by atoms with van der Waals surface area (Å²) in [5.41, 5.74) is 1.08. The first-order chi connectivity index (χ1) is 12.1. The molecule has 0 unspecified atom stereocenters. The summed E-state index contributed by atoms with van der Waals surface area (Å²) in [6, 6.07) is 6.01. The summed E-state index contributed by atoms with van der Waals surface area (Å²) in [5, 5.41) is 3.42. The molecule has 0 aliphatic carbocycles. The van der Waals surface area contributed by atoms with E-state index in [0.717, 1.165) is 5.56 Å². The number of aromatic nitrogens is 1. The zero-order chi connectivity index (χ0) is 17.4. The molecule has 1 N–H and O–H groups in total. The molecule has 0 spiro atoms. The minimum Gasteiger partial charge on any atom is -0.486 e. The fourth-order valence-corrected chi connectivity index (χ4v) is 3.43. The predicted molar refractivity (Wildman–Crippen MR) is 90.9 cm³/mol. The highest BCUT2D eigenvalue weighted by molar-refractivity contribution is 5.97. The summed E-state index contributed by atoms with van der Waals surface area (Å²) in [4.78, 5) is 19.0. The number of amides is 1. The van der Waals surface area contributed by atoms with Gasteiger partial charge in [-0.25, -0.2) is 4.98 Å². The van der Waals surface area contributed by atoms with Gasteiger partial charge in [-0.1, -0.05) is 0 Å². The number of nitrogens with zero attached hydrogens (tertiary/aromatic N) is 2. The van der Waals surface area contributed by atoms with Gasteiger partial charge in [-0.2, -0.15) is 0 Å². The summed E-state index contributed by atoms with van der Waals surface area (Å²) in [6.07, 6.45) is 1.31. The highest BCUT2D eigenvalue weighted by atomic mass is 16.6. The summed E-state index contributed by atoms with van der Waals surface area (Å²) in [6.45, 7) is 6.49. The molecule has 1 fully saturated rings. The Bertz CT molecular complexity index is 778. The highest BCUT2D eigenvalue weighted by Crippen LogP contribution is 2.35. The van der Waals surface area contributed by atoms with Crippen LogP contribution in [0.1, 0.15) is 24.3 Å². The number of rotatable bonds is 2. The number of hydrogen-bond donors (Lipinski definition) is 1. The highest BCUT2D eigenvalue weighted by Gasteiger charge is 2.29. The van der Waals surface area contributed by atoms with Gasteiger partial charge < -0.3 is 24.1 Å². The maximum absolute atomic E-state index is 13.0. The molecule has 0 saturated carbocycles. The van der Waals surface area contributed by atoms with E-state index in [-0.39, 0.29) is 18.0 Å². The number of hydrogen-bond acceptors (Lipinski definition) is 6. The van der Waals surface area contributed by atoms with Crippen molar-refractivity contribution in [2.45, 2.75) is 25.9 Å². The van der Waals surface area contributed by atoms with Crippen LogP contribution in [0.25, 0.3) is 11.3 Å². The van der Waals surface area contributed by atoms with E-state index in [1.54, 1.807) is 0 Å². The van der Waals surface area contributed by atoms with Crippen molar-refractivity contribution in [2.24, 2.45) is 0 Å². The third-order valence-corrected chi connectivity index (χ3v) is 4.42. The number of ether oxygens (including phenoxy) is 2. The molecule has 1 saturated heterocycles. The van der Waals surface area contributed by atoms with Crippen LogP contribution >= 0.6 is 0 Å². The number of carbonyl (C=O) groups is 1. The Labute approximate surface area is 145 Å². The minimum atomic E-state index is -0.112. The van der Waals surface area contributed by atoms with Gasteiger partial charge in [0.25, 0.3) is 5.91 Å². The summed E-state index contributed by atoms with van der Waals surface area (Å²) >= 11 is 0. The summed E-state index contributed by atoms with van der Waals surface area (Å²) < 4.78 is 16.7. The first-order valence-electron chi connectivity index (χ1n) is 8.50. The van der Waals surface area contributed by atoms with Crippen molar-refractivity contribution in [2.75, 3.05) is 26.3 Å². The first-order valence-corrected chi connectivity index (χ1v) is 8.50. The van der Waals surface area contributed by atoms with Gasteiger partial charge in [-0.15, -0.1) is 0 Å². The molecular weight excluding hydrogens is 322 g/mol. The average Bonchev–Trinajstić information content (AvgIpc) is 3.09. The maximum Gasteiger partial charge on any atom is 0.276 e. The van der Waals surface area contributed by atoms with Crippen molar-refractivity contribution in [3.8, 4) is 22.8 Å². The number of nitrogens with one attached hydrogen (secondary N) is 1. The van der Waals surface area contributed by atoms with Crippen LogP contribution in [0.2, 0.25) is 0 Å². The number of carbonyl (C=O) groups excluding carboxylic acids is 1. The molecule has 0 bridgehead atoms. The lowest BCUT2D eigenvalue weighted by molar-refractivity contribution is 0.0669. The van der Waals surface area contributed by atoms with E-state index >= 15 is 0 Å². The van der Waals surface area contributed by atoms with Crippen LogP contribution in [0, 0.1) is 0 Å². The van der Waals surface area contributed by atoms with Crippen molar-refractivity contribution in [3.63, 3.8) is 0 Å². The molecule has 3 heterocycles. The number of benzene rings is 1. The van der Waals surface area contributed by atoms with Crippen molar-refractivity contribution in [3.05, 3.63) is 30.3 Å². The van der Waals surface area contributed by atoms with Crippen molar-refractivity contribution < 1.29 is 18.7 Å². The van der Waals surface area contributed by atoms with Gasteiger partial charge in [-0.3, -0.25) is 4.79 Å². The quantitative estimate of drug-likeness (QED) is 0.898. The lowest BCUT2D eigenvalue weighted by Gasteiger charge is -2.35. The Morgan fingerprint density at radius 3 is 2.64 bits per heavy atom. The Balaban J connectivity index is 1.63. The van der Waals surface area contributed by atoms with Gasteiger partial charge in [0.05, 0.1) is 0 Å². The van der Waals surface area contributed by atoms with E-state index in [1.165, 1.54) is 6.39 Å². The fraction of sp³-hybridized carbons (Fsp3) is 0.444. The lowest BCUT2D eigenvalue weighted by atomic mass is 10.1. The second-order valence-corrected chi connectivity index (χ2v) is 6.57. The van der Waals surface area contributed by atoms with E-state index in [2.05, 4.69) is 24.1 Å². The van der Waals surface area contributed by atoms with Crippen molar-refractivity contribution in [1.82, 2.24) is 15.2 Å². The molecule has 2 aromatic rings. The molecule has 7 nitrogen and oxygen atoms in total. The van der Waals surface area contributed by atoms with Gasteiger partial charge in [-0.05, 0) is 32.0 Å². The average molecular weight is 343 g/mol. The molecule has 2 atom stereocenters. The summed E-state index contributed by atoms with van der Waals surface area (Å²) in [7, 11) is 0. The van der Waals surface area contributed by atoms with Gasteiger partial charge in [0.1, 0.15) is 13.2 Å². The van der Waals surface area contributed by atoms with E-state index in [1.807, 2.05) is 23.1 Å². The standard InChI is InChI=1S/C18H21N3O4/c1-11-8-21(9-12(2)20-11)18(22)16-17(25-10-19-16)13-3-4-14-15(7-13)24-6-5-23-14/h3-4,7,10-12,20H,5-6,8-9H2,1-2H3/t11-,12-/m0/s1. The second-order valence-electron chi connectivity index (χ2n) is 6.57. The fourth-order valence-electron chi connectivity index (χ4n) is 3.43. The monoisotopic (exact) mass is 343 g/mol. The third-order valence-electron chi connectivity index (χ3n) is 4.42. The predicted octanol–water partition coefficient (Wildman–Crippen LogP) is 1.94. The largest absolute Gasteiger partial charge is 0.486 e. The van der Waals surface area contributed by atoms with E-state index in [0.29, 0.717) is 49.3 Å². The Morgan fingerprint density at radius 1 is 1.16 bits per heavy atom. The molecule has 2 aliphatic rings. The molecular formula is C18H21N3O4. The second kappa shape index (κ2) is 6.40. The van der Waals surface area contributed by atoms with Crippen LogP contribution in [-0.4, -0.2) is 54.2 Å². The smallest absolute Gasteiger partial charge is 0.276 e. The third kappa shape index (κ3) is 3.07. The maximum atomic E-state index is 13.0. The van der Waals surface area contributed by atoms with Crippen LogP contribution in [-0.2, 0) is 0 Å². The lowest BCUT2D eigenvalue weighted by Crippen LogP contribution is -2.55. The molecule has 1 aromatic heterocycles. The zero-order valence-electron chi connectivity index (χ0n) is 14.3. The van der Waals surface area contributed by atoms with Gasteiger partial charge >= 0.3 is 0 Å². The molecule has 7 heteroatoms. The van der Waals surface area contributed by atoms with Gasteiger partial charge in [0, 0.05) is 30.7 Å². The van der Waals surface area contributed by atoms with Gasteiger partial charge in [0.2, 0.25) is 0 Å². The van der Waals surface area contributed by atoms with E-state index < -0.39 is 0 Å². The van der Waals surface area contributed by atoms with Crippen molar-refractivity contribution >= 4 is 5.91 Å². The molecule has 2 aliphatic heterocycles. The first kappa shape index (κ1) is 16.0. The van der Waals surface area contributed by atoms with Crippen LogP contribution < -0.4 is 14.8 Å². The number of piperazine rings is 1. The Hall–Kier alpha value is -2.54. The van der Waals surface area contributed by atoms with Crippen LogP contribution in [0.15, 0.2) is 29.0 Å². The SMILES string of the molecule is C[C@H]1CN(C(=O)c2ncoc2-c2ccc3c(c2)OCCO3)C[C@H](C)N1. The normalized spacial score (nSPS) is 22.7. The molecule has 1 aromatic carbocycles. The molecule has 25 heavy (non-hydrogen) atoms. The van der Waals surface area contributed by atoms with Crippen LogP contribution in [0.3, 0.4) is 0 Å². The Kier molecular flexibility index (Phi) is 4.09. The number of oxazole rings is 1. The van der Waals surface area contributed by atoms with E-state index in [4.69, 9.17) is 13.9 Å². The van der Waals surface area contributed by atoms with Crippen LogP contribution in [0.4, 0.5) is 0 Å². The molecule has 1 amide bonds. The number of fused-ring (bicyclic) bond motifs is 1. The molecule has 4 rings (SSSR count). The van der Waals surface area contributed by atoms with Crippen LogP contribution in [0.5, 0.6) is 11.5 Å². The van der Waals surface area contributed by atoms with E-state index in [9.17, 15) is 4.79 Å². The van der Waals surface area contributed by atoms with Crippen molar-refractivity contribution in [1.29, 1.82) is 0 Å². The zero-order valence-corrected chi connectivity index (χ0v) is 14.3. The summed E-state index contributed by atoms with van der Waals surface area (Å²) in [5.74, 6) is 1.70. The molecule has 0 radical (unpaired) electrons. The molecule has 132 valence electrons.